The van der Waals surface area contributed by atoms with E-state index >= 15 is 0 Å². The van der Waals surface area contributed by atoms with Gasteiger partial charge in [-0.2, -0.15) is 0 Å². The number of ether oxygens (including phenoxy) is 8. The Morgan fingerprint density at radius 3 is 2.14 bits per heavy atom. The van der Waals surface area contributed by atoms with Crippen molar-refractivity contribution in [2.75, 3.05) is 28.3 Å². The number of Topliss-reactive ketones (excluding diaryl/α,β-unsaturated/α-hetero) is 1. The van der Waals surface area contributed by atoms with Crippen LogP contribution in [0.2, 0.25) is 0 Å². The molecule has 50 heavy (non-hydrogen) atoms. The van der Waals surface area contributed by atoms with Gasteiger partial charge >= 0.3 is 5.97 Å². The van der Waals surface area contributed by atoms with Gasteiger partial charge in [0.2, 0.25) is 5.79 Å². The van der Waals surface area contributed by atoms with Crippen molar-refractivity contribution in [1.29, 1.82) is 0 Å². The number of hydrogen-bond acceptors (Lipinski definition) is 13. The van der Waals surface area contributed by atoms with Gasteiger partial charge in [0.25, 0.3) is 0 Å². The molecule has 0 aromatic carbocycles. The number of nitrogens with zero attached hydrogens (tertiary/aromatic N) is 1. The highest BCUT2D eigenvalue weighted by Gasteiger charge is 2.65. The number of aliphatic hydroxyl groups excluding tert-OH is 1. The number of rotatable bonds is 8. The zero-order valence-electron chi connectivity index (χ0n) is 32.5. The predicted octanol–water partition coefficient (Wildman–Crippen LogP) is 3.44. The van der Waals surface area contributed by atoms with E-state index in [1.165, 1.54) is 6.92 Å². The van der Waals surface area contributed by atoms with Gasteiger partial charge in [-0.15, -0.1) is 0 Å². The highest BCUT2D eigenvalue weighted by atomic mass is 16.8. The quantitative estimate of drug-likeness (QED) is 0.279. The van der Waals surface area contributed by atoms with Gasteiger partial charge in [-0.25, -0.2) is 0 Å². The molecule has 17 atom stereocenters. The molecule has 7 unspecified atom stereocenters. The van der Waals surface area contributed by atoms with Gasteiger partial charge in [0.1, 0.15) is 23.6 Å². The zero-order chi connectivity index (χ0) is 37.5. The number of carbonyl (C=O) groups is 2. The molecule has 13 nitrogen and oxygen atoms in total. The normalized spacial score (nSPS) is 49.6. The molecule has 0 bridgehead atoms. The SMILES string of the molecule is CC[C@H]1OC(=O)[C@H](C)[C@@H](OC2CC3(OC)OC3C(C)O2)[C@H](C)[C@@H](OC2CC(N(C)C)CC(C)O2)[C@@](C)(OC)C[C@@H](C)C(=O)[C@H](C)[C@@H](O)[C@]1(C)O. The number of cyclic esters (lactones) is 1. The van der Waals surface area contributed by atoms with E-state index in [1.807, 2.05) is 41.8 Å². The van der Waals surface area contributed by atoms with Gasteiger partial charge in [-0.3, -0.25) is 9.59 Å². The molecule has 0 saturated carbocycles. The minimum Gasteiger partial charge on any atom is -0.459 e. The number of esters is 1. The molecule has 4 rings (SSSR count). The van der Waals surface area contributed by atoms with E-state index in [4.69, 9.17) is 37.9 Å². The van der Waals surface area contributed by atoms with E-state index < -0.39 is 83.6 Å². The molecule has 0 spiro atoms. The highest BCUT2D eigenvalue weighted by Crippen LogP contribution is 2.49. The first-order chi connectivity index (χ1) is 23.2. The van der Waals surface area contributed by atoms with Gasteiger partial charge in [0, 0.05) is 44.4 Å². The minimum atomic E-state index is -1.91. The molecule has 4 saturated heterocycles. The van der Waals surface area contributed by atoms with Gasteiger partial charge in [0.05, 0.1) is 48.5 Å². The Morgan fingerprint density at radius 2 is 1.56 bits per heavy atom. The molecule has 0 aromatic rings. The molecular weight excluding hydrogens is 650 g/mol. The molecule has 0 amide bonds. The van der Waals surface area contributed by atoms with Crippen LogP contribution in [-0.2, 0) is 47.5 Å². The lowest BCUT2D eigenvalue weighted by Crippen LogP contribution is -2.59. The maximum absolute atomic E-state index is 14.1. The summed E-state index contributed by atoms with van der Waals surface area (Å²) in [6.45, 7) is 16.0. The lowest BCUT2D eigenvalue weighted by atomic mass is 9.74. The number of methoxy groups -OCH3 is 2. The topological polar surface area (TPSA) is 155 Å². The highest BCUT2D eigenvalue weighted by molar-refractivity contribution is 5.83. The molecule has 0 aliphatic carbocycles. The Kier molecular flexibility index (Phi) is 13.3. The maximum atomic E-state index is 14.1. The first-order valence-corrected chi connectivity index (χ1v) is 18.5. The Balaban J connectivity index is 1.80. The van der Waals surface area contributed by atoms with Gasteiger partial charge in [-0.1, -0.05) is 27.7 Å². The smallest absolute Gasteiger partial charge is 0.311 e. The van der Waals surface area contributed by atoms with Crippen molar-refractivity contribution in [2.45, 2.75) is 173 Å². The van der Waals surface area contributed by atoms with Crippen LogP contribution in [0.15, 0.2) is 0 Å². The standard InChI is InChI=1S/C37H65NO12/c1-14-26-36(9,42)31(40)21(4)29(39)19(2)17-35(8,43-12)32(49-27-16-25(38(10)11)15-20(3)45-27)22(5)30(23(6)34(41)47-26)48-28-18-37(44-13)33(50-37)24(7)46-28/h19-28,30-33,40,42H,14-18H2,1-13H3/t19-,20?,21+,22+,23-,24?,25?,26-,27?,28?,30+,31-,32-,33?,35+,36-,37?/m1/s1. The predicted molar refractivity (Wildman–Crippen MR) is 183 cm³/mol. The van der Waals surface area contributed by atoms with Crippen molar-refractivity contribution < 1.29 is 57.7 Å². The largest absolute Gasteiger partial charge is 0.459 e. The minimum absolute atomic E-state index is 0.0693. The average molecular weight is 716 g/mol. The van der Waals surface area contributed by atoms with Crippen LogP contribution in [0.1, 0.15) is 94.4 Å². The van der Waals surface area contributed by atoms with Crippen LogP contribution in [0.4, 0.5) is 0 Å². The third-order valence-electron chi connectivity index (χ3n) is 12.0. The van der Waals surface area contributed by atoms with E-state index in [1.54, 1.807) is 41.9 Å². The zero-order valence-corrected chi connectivity index (χ0v) is 32.5. The van der Waals surface area contributed by atoms with Crippen LogP contribution >= 0.6 is 0 Å². The van der Waals surface area contributed by atoms with Crippen molar-refractivity contribution in [3.63, 3.8) is 0 Å². The second-order valence-electron chi connectivity index (χ2n) is 16.1. The first kappa shape index (κ1) is 41.5. The fraction of sp³-hybridized carbons (Fsp3) is 0.946. The second kappa shape index (κ2) is 16.0. The summed E-state index contributed by atoms with van der Waals surface area (Å²) < 4.78 is 50.3. The van der Waals surface area contributed by atoms with Gasteiger partial charge in [-0.05, 0) is 68.0 Å². The summed E-state index contributed by atoms with van der Waals surface area (Å²) in [5.41, 5.74) is -3.01. The molecule has 4 heterocycles. The monoisotopic (exact) mass is 715 g/mol. The lowest BCUT2D eigenvalue weighted by Gasteiger charge is -2.48. The third kappa shape index (κ3) is 8.42. The summed E-state index contributed by atoms with van der Waals surface area (Å²) in [7, 11) is 7.25. The molecule has 4 aliphatic rings. The van der Waals surface area contributed by atoms with Crippen LogP contribution in [0.5, 0.6) is 0 Å². The molecule has 4 aliphatic heterocycles. The van der Waals surface area contributed by atoms with E-state index in [9.17, 15) is 19.8 Å². The summed E-state index contributed by atoms with van der Waals surface area (Å²) in [5, 5.41) is 23.0. The van der Waals surface area contributed by atoms with Crippen molar-refractivity contribution >= 4 is 11.8 Å². The fourth-order valence-corrected chi connectivity index (χ4v) is 8.65. The van der Waals surface area contributed by atoms with Crippen LogP contribution in [0, 0.1) is 23.7 Å². The number of ketones is 1. The molecule has 4 fully saturated rings. The molecule has 2 N–H and O–H groups in total. The Bertz CT molecular complexity index is 1170. The van der Waals surface area contributed by atoms with E-state index in [0.717, 1.165) is 6.42 Å². The number of hydrogen-bond donors (Lipinski definition) is 2. The summed E-state index contributed by atoms with van der Waals surface area (Å²) in [4.78, 5) is 30.2. The number of fused-ring (bicyclic) bond motifs is 1. The van der Waals surface area contributed by atoms with Crippen LogP contribution in [0.25, 0.3) is 0 Å². The fourth-order valence-electron chi connectivity index (χ4n) is 8.65. The van der Waals surface area contributed by atoms with E-state index in [0.29, 0.717) is 6.42 Å². The van der Waals surface area contributed by atoms with Crippen molar-refractivity contribution in [3.8, 4) is 0 Å². The van der Waals surface area contributed by atoms with Crippen molar-refractivity contribution in [1.82, 2.24) is 4.90 Å². The molecular formula is C37H65NO12. The second-order valence-corrected chi connectivity index (χ2v) is 16.1. The molecule has 0 radical (unpaired) electrons. The van der Waals surface area contributed by atoms with Gasteiger partial charge < -0.3 is 53.0 Å². The summed E-state index contributed by atoms with van der Waals surface area (Å²) in [6.07, 6.45) is -4.08. The molecule has 290 valence electrons. The third-order valence-corrected chi connectivity index (χ3v) is 12.0. The Hall–Kier alpha value is -1.26. The van der Waals surface area contributed by atoms with Crippen molar-refractivity contribution in [2.24, 2.45) is 23.7 Å². The summed E-state index contributed by atoms with van der Waals surface area (Å²) in [6, 6.07) is 0.211. The van der Waals surface area contributed by atoms with Gasteiger partial charge in [0.15, 0.2) is 12.6 Å². The van der Waals surface area contributed by atoms with Crippen LogP contribution in [0.3, 0.4) is 0 Å². The Morgan fingerprint density at radius 1 is 0.900 bits per heavy atom. The molecule has 0 aromatic heterocycles. The Labute approximate surface area is 298 Å². The van der Waals surface area contributed by atoms with E-state index in [-0.39, 0.29) is 49.4 Å². The van der Waals surface area contributed by atoms with Crippen LogP contribution < -0.4 is 0 Å². The summed E-state index contributed by atoms with van der Waals surface area (Å²) in [5.74, 6) is -4.73. The number of aliphatic hydroxyl groups is 2. The first-order valence-electron chi connectivity index (χ1n) is 18.5. The lowest BCUT2D eigenvalue weighted by molar-refractivity contribution is -0.288. The molecule has 13 heteroatoms. The summed E-state index contributed by atoms with van der Waals surface area (Å²) >= 11 is 0. The average Bonchev–Trinajstić information content (AvgIpc) is 3.81. The maximum Gasteiger partial charge on any atom is 0.311 e. The van der Waals surface area contributed by atoms with E-state index in [2.05, 4.69) is 4.90 Å². The van der Waals surface area contributed by atoms with Crippen LogP contribution in [-0.4, -0.2) is 134 Å². The van der Waals surface area contributed by atoms with Crippen molar-refractivity contribution in [3.05, 3.63) is 0 Å². The number of carbonyl (C=O) groups excluding carboxylic acids is 2. The number of epoxide rings is 1.